The van der Waals surface area contributed by atoms with Crippen molar-refractivity contribution in [3.63, 3.8) is 0 Å². The zero-order chi connectivity index (χ0) is 40.4. The molecule has 0 aliphatic heterocycles. The van der Waals surface area contributed by atoms with Crippen LogP contribution in [0.15, 0.2) is 186 Å². The van der Waals surface area contributed by atoms with Crippen molar-refractivity contribution in [1.82, 2.24) is 0 Å². The first-order chi connectivity index (χ1) is 28.6. The third-order valence-corrected chi connectivity index (χ3v) is 10.3. The molecule has 0 fully saturated rings. The van der Waals surface area contributed by atoms with Gasteiger partial charge in [-0.25, -0.2) is 0 Å². The van der Waals surface area contributed by atoms with E-state index in [-0.39, 0.29) is 45.7 Å². The van der Waals surface area contributed by atoms with E-state index in [1.165, 1.54) is 0 Å². The average Bonchev–Trinajstić information content (AvgIpc) is 3.67. The van der Waals surface area contributed by atoms with E-state index in [9.17, 15) is 5.48 Å². The summed E-state index contributed by atoms with van der Waals surface area (Å²) in [6.45, 7) is 0. The Labute approximate surface area is 305 Å². The number of fused-ring (bicyclic) bond motifs is 9. The van der Waals surface area contributed by atoms with Gasteiger partial charge in [0.15, 0.2) is 0 Å². The molecule has 11 aromatic rings. The highest BCUT2D eigenvalue weighted by atomic mass is 16.3. The Morgan fingerprint density at radius 2 is 0.863 bits per heavy atom. The first kappa shape index (κ1) is 21.4. The highest BCUT2D eigenvalue weighted by Crippen LogP contribution is 2.47. The van der Waals surface area contributed by atoms with Crippen LogP contribution >= 0.6 is 0 Å². The van der Waals surface area contributed by atoms with Gasteiger partial charge in [0.1, 0.15) is 11.2 Å². The summed E-state index contributed by atoms with van der Waals surface area (Å²) in [6.07, 6.45) is 0. The summed E-state index contributed by atoms with van der Waals surface area (Å²) in [5.74, 6) is 0. The van der Waals surface area contributed by atoms with Crippen molar-refractivity contribution in [1.29, 1.82) is 0 Å². The molecule has 1 nitrogen and oxygen atoms in total. The smallest absolute Gasteiger partial charge is 0.136 e. The molecule has 11 rings (SSSR count). The third-order valence-electron chi connectivity index (χ3n) is 10.3. The van der Waals surface area contributed by atoms with Gasteiger partial charge in [0.2, 0.25) is 0 Å². The highest BCUT2D eigenvalue weighted by Gasteiger charge is 2.20. The molecule has 0 unspecified atom stereocenters. The molecule has 0 amide bonds. The molecule has 0 saturated heterocycles. The van der Waals surface area contributed by atoms with Gasteiger partial charge in [0.25, 0.3) is 0 Å². The van der Waals surface area contributed by atoms with Gasteiger partial charge in [-0.2, -0.15) is 0 Å². The molecular formula is C50H30O. The molecule has 0 bridgehead atoms. The lowest BCUT2D eigenvalue weighted by atomic mass is 9.83. The van der Waals surface area contributed by atoms with E-state index in [0.717, 1.165) is 65.4 Å². The van der Waals surface area contributed by atoms with Crippen LogP contribution in [-0.4, -0.2) is 0 Å². The molecule has 1 heterocycles. The topological polar surface area (TPSA) is 13.1 Å². The van der Waals surface area contributed by atoms with Crippen LogP contribution in [0.2, 0.25) is 0 Å². The fraction of sp³-hybridized carbons (Fsp3) is 0. The van der Waals surface area contributed by atoms with Gasteiger partial charge in [-0.05, 0) is 105 Å². The molecule has 0 atom stereocenters. The fourth-order valence-corrected chi connectivity index (χ4v) is 8.10. The molecule has 10 aromatic carbocycles. The zero-order valence-electron chi connectivity index (χ0n) is 35.1. The number of benzene rings is 10. The predicted octanol–water partition coefficient (Wildman–Crippen LogP) is 14.4. The van der Waals surface area contributed by atoms with Crippen LogP contribution in [0.5, 0.6) is 0 Å². The van der Waals surface area contributed by atoms with Gasteiger partial charge in [-0.1, -0.05) is 164 Å². The van der Waals surface area contributed by atoms with E-state index < -0.39 is 24.2 Å². The average molecular weight is 655 g/mol. The summed E-state index contributed by atoms with van der Waals surface area (Å²) in [5, 5.41) is 8.29. The second kappa shape index (κ2) is 10.9. The second-order valence-corrected chi connectivity index (χ2v) is 13.0. The number of rotatable bonds is 3. The van der Waals surface area contributed by atoms with Crippen molar-refractivity contribution in [2.24, 2.45) is 0 Å². The largest absolute Gasteiger partial charge is 0.456 e. The first-order valence-electron chi connectivity index (χ1n) is 20.9. The Balaban J connectivity index is 1.27. The third kappa shape index (κ3) is 4.16. The Morgan fingerprint density at radius 3 is 1.55 bits per heavy atom. The highest BCUT2D eigenvalue weighted by molar-refractivity contribution is 6.26. The summed E-state index contributed by atoms with van der Waals surface area (Å²) in [7, 11) is 0. The molecule has 0 N–H and O–H groups in total. The predicted molar refractivity (Wildman–Crippen MR) is 218 cm³/mol. The minimum absolute atomic E-state index is 0.189. The Kier molecular flexibility index (Phi) is 4.57. The van der Waals surface area contributed by atoms with E-state index in [2.05, 4.69) is 30.3 Å². The van der Waals surface area contributed by atoms with E-state index in [1.54, 1.807) is 0 Å². The summed E-state index contributed by atoms with van der Waals surface area (Å²) < 4.78 is 79.8. The minimum atomic E-state index is -0.428. The van der Waals surface area contributed by atoms with Crippen LogP contribution in [0, 0.1) is 0 Å². The summed E-state index contributed by atoms with van der Waals surface area (Å²) in [6, 6.07) is 40.7. The normalized spacial score (nSPS) is 14.1. The number of hydrogen-bond donors (Lipinski definition) is 0. The van der Waals surface area contributed by atoms with Gasteiger partial charge in [-0.3, -0.25) is 0 Å². The lowest BCUT2D eigenvalue weighted by molar-refractivity contribution is 0.669. The summed E-state index contributed by atoms with van der Waals surface area (Å²) >= 11 is 0. The van der Waals surface area contributed by atoms with Crippen LogP contribution in [0.25, 0.3) is 109 Å². The van der Waals surface area contributed by atoms with Gasteiger partial charge in [0, 0.05) is 10.8 Å². The summed E-state index contributed by atoms with van der Waals surface area (Å²) in [4.78, 5) is 0. The van der Waals surface area contributed by atoms with Crippen LogP contribution in [-0.2, 0) is 0 Å². The molecule has 51 heavy (non-hydrogen) atoms. The molecule has 236 valence electrons. The molecule has 0 aliphatic rings. The van der Waals surface area contributed by atoms with Gasteiger partial charge < -0.3 is 4.42 Å². The van der Waals surface area contributed by atoms with Crippen molar-refractivity contribution in [2.45, 2.75) is 0 Å². The SMILES string of the molecule is [2H]c1c([2H])c([2H])c2c(-c3cccc4cc(-c5cccc6oc7ccc8ccccc8c7c56)ccc34)c3c([2H])c([2H])c([2H])c([2H])c3c(-c3cccc4ccccc34)c2c1[2H]. The van der Waals surface area contributed by atoms with E-state index >= 15 is 0 Å². The maximum atomic E-state index is 9.48. The lowest BCUT2D eigenvalue weighted by Gasteiger charge is -2.20. The van der Waals surface area contributed by atoms with Crippen molar-refractivity contribution in [3.05, 3.63) is 182 Å². The van der Waals surface area contributed by atoms with Gasteiger partial charge in [0.05, 0.1) is 11.0 Å². The Morgan fingerprint density at radius 1 is 0.353 bits per heavy atom. The van der Waals surface area contributed by atoms with Crippen LogP contribution < -0.4 is 0 Å². The fourth-order valence-electron chi connectivity index (χ4n) is 8.10. The molecule has 1 aromatic heterocycles. The second-order valence-electron chi connectivity index (χ2n) is 13.0. The first-order valence-corrected chi connectivity index (χ1v) is 16.9. The van der Waals surface area contributed by atoms with Crippen molar-refractivity contribution in [3.8, 4) is 33.4 Å². The molecule has 0 spiro atoms. The van der Waals surface area contributed by atoms with Crippen LogP contribution in [0.4, 0.5) is 0 Å². The molecule has 0 saturated carbocycles. The van der Waals surface area contributed by atoms with Crippen LogP contribution in [0.3, 0.4) is 0 Å². The van der Waals surface area contributed by atoms with Crippen LogP contribution in [0.1, 0.15) is 11.0 Å². The van der Waals surface area contributed by atoms with E-state index in [1.807, 2.05) is 103 Å². The van der Waals surface area contributed by atoms with Gasteiger partial charge >= 0.3 is 0 Å². The molecule has 1 heteroatoms. The quantitative estimate of drug-likeness (QED) is 0.173. The molecule has 0 aliphatic carbocycles. The minimum Gasteiger partial charge on any atom is -0.456 e. The lowest BCUT2D eigenvalue weighted by Crippen LogP contribution is -1.92. The molecule has 0 radical (unpaired) electrons. The Hall–Kier alpha value is -6.70. The van der Waals surface area contributed by atoms with E-state index in [0.29, 0.717) is 22.3 Å². The van der Waals surface area contributed by atoms with Crippen molar-refractivity contribution in [2.75, 3.05) is 0 Å². The maximum Gasteiger partial charge on any atom is 0.136 e. The zero-order valence-corrected chi connectivity index (χ0v) is 27.1. The van der Waals surface area contributed by atoms with Crippen molar-refractivity contribution >= 4 is 75.8 Å². The summed E-state index contributed by atoms with van der Waals surface area (Å²) in [5.41, 5.74) is 5.36. The standard InChI is InChI=1S/C50H30O/c1-3-16-35-31(12-1)14-9-23-39(35)47-41-18-5-7-20-43(41)48(44-21-8-6-19-42(44)47)40-24-10-15-33-30-34(26-28-36(33)40)38-22-11-25-45-50(38)49-37-17-4-2-13-32(37)27-29-46(49)51-45/h1-30H/i5D,6D,7D,8D,18D,19D,20D,21D. The van der Waals surface area contributed by atoms with Gasteiger partial charge in [-0.15, -0.1) is 0 Å². The Bertz CT molecular complexity index is 3580. The maximum absolute atomic E-state index is 9.48. The molecular weight excluding hydrogens is 617 g/mol. The van der Waals surface area contributed by atoms with Crippen molar-refractivity contribution < 1.29 is 15.4 Å². The number of furan rings is 1. The number of hydrogen-bond acceptors (Lipinski definition) is 1. The van der Waals surface area contributed by atoms with E-state index in [4.69, 9.17) is 9.90 Å². The monoisotopic (exact) mass is 654 g/mol.